The van der Waals surface area contributed by atoms with Crippen LogP contribution in [0.2, 0.25) is 0 Å². The third-order valence-electron chi connectivity index (χ3n) is 3.36. The molecule has 0 fully saturated rings. The Morgan fingerprint density at radius 1 is 1.41 bits per heavy atom. The first-order valence-corrected chi connectivity index (χ1v) is 6.06. The number of ether oxygens (including phenoxy) is 1. The van der Waals surface area contributed by atoms with Crippen LogP contribution in [0.1, 0.15) is 24.6 Å². The number of fused-ring (bicyclic) bond motifs is 1. The zero-order chi connectivity index (χ0) is 12.4. The van der Waals surface area contributed by atoms with Gasteiger partial charge in [0.25, 0.3) is 0 Å². The SMILES string of the molecule is CCC(N)Cc1[nH]c2ccc(OC)cc2c1C. The van der Waals surface area contributed by atoms with Crippen molar-refractivity contribution in [2.75, 3.05) is 7.11 Å². The third kappa shape index (κ3) is 2.29. The Morgan fingerprint density at radius 2 is 2.18 bits per heavy atom. The molecule has 0 aliphatic rings. The summed E-state index contributed by atoms with van der Waals surface area (Å²) in [4.78, 5) is 3.44. The van der Waals surface area contributed by atoms with Crippen LogP contribution in [-0.2, 0) is 6.42 Å². The summed E-state index contributed by atoms with van der Waals surface area (Å²) in [5.41, 5.74) is 9.68. The molecule has 3 heteroatoms. The average Bonchev–Trinajstić information content (AvgIpc) is 2.66. The second kappa shape index (κ2) is 4.80. The van der Waals surface area contributed by atoms with Crippen LogP contribution in [0, 0.1) is 6.92 Å². The van der Waals surface area contributed by atoms with E-state index >= 15 is 0 Å². The minimum Gasteiger partial charge on any atom is -0.497 e. The van der Waals surface area contributed by atoms with E-state index in [0.717, 1.165) is 24.1 Å². The van der Waals surface area contributed by atoms with Crippen LogP contribution >= 0.6 is 0 Å². The van der Waals surface area contributed by atoms with Crippen molar-refractivity contribution < 1.29 is 4.74 Å². The highest BCUT2D eigenvalue weighted by molar-refractivity contribution is 5.85. The smallest absolute Gasteiger partial charge is 0.119 e. The standard InChI is InChI=1S/C14H20N2O/c1-4-10(15)7-14-9(2)12-8-11(17-3)5-6-13(12)16-14/h5-6,8,10,16H,4,7,15H2,1-3H3. The van der Waals surface area contributed by atoms with Gasteiger partial charge >= 0.3 is 0 Å². The molecule has 1 aromatic heterocycles. The Labute approximate surface area is 102 Å². The average molecular weight is 232 g/mol. The molecular formula is C14H20N2O. The number of hydrogen-bond donors (Lipinski definition) is 2. The topological polar surface area (TPSA) is 51.0 Å². The lowest BCUT2D eigenvalue weighted by molar-refractivity contribution is 0.415. The summed E-state index contributed by atoms with van der Waals surface area (Å²) in [7, 11) is 1.69. The van der Waals surface area contributed by atoms with Gasteiger partial charge in [0.2, 0.25) is 0 Å². The lowest BCUT2D eigenvalue weighted by Gasteiger charge is -2.07. The highest BCUT2D eigenvalue weighted by Crippen LogP contribution is 2.26. The van der Waals surface area contributed by atoms with Crippen molar-refractivity contribution >= 4 is 10.9 Å². The second-order valence-corrected chi connectivity index (χ2v) is 4.51. The molecule has 0 radical (unpaired) electrons. The summed E-state index contributed by atoms with van der Waals surface area (Å²) < 4.78 is 5.25. The molecule has 0 saturated carbocycles. The van der Waals surface area contributed by atoms with Crippen LogP contribution in [0.5, 0.6) is 5.75 Å². The first-order valence-electron chi connectivity index (χ1n) is 6.06. The summed E-state index contributed by atoms with van der Waals surface area (Å²) in [6, 6.07) is 6.33. The molecule has 0 bridgehead atoms. The number of methoxy groups -OCH3 is 1. The number of hydrogen-bond acceptors (Lipinski definition) is 2. The van der Waals surface area contributed by atoms with Crippen LogP contribution in [0.4, 0.5) is 0 Å². The van der Waals surface area contributed by atoms with Crippen molar-refractivity contribution in [1.82, 2.24) is 4.98 Å². The van der Waals surface area contributed by atoms with E-state index in [1.807, 2.05) is 6.07 Å². The van der Waals surface area contributed by atoms with Crippen molar-refractivity contribution in [3.05, 3.63) is 29.5 Å². The summed E-state index contributed by atoms with van der Waals surface area (Å²) in [6.07, 6.45) is 1.90. The fraction of sp³-hybridized carbons (Fsp3) is 0.429. The third-order valence-corrected chi connectivity index (χ3v) is 3.36. The molecule has 0 amide bonds. The number of aromatic amines is 1. The molecule has 2 rings (SSSR count). The van der Waals surface area contributed by atoms with E-state index in [9.17, 15) is 0 Å². The number of nitrogens with one attached hydrogen (secondary N) is 1. The Balaban J connectivity index is 2.42. The number of nitrogens with two attached hydrogens (primary N) is 1. The maximum absolute atomic E-state index is 6.01. The number of aryl methyl sites for hydroxylation is 1. The van der Waals surface area contributed by atoms with E-state index < -0.39 is 0 Å². The van der Waals surface area contributed by atoms with Crippen molar-refractivity contribution in [1.29, 1.82) is 0 Å². The molecule has 0 saturated heterocycles. The number of benzene rings is 1. The largest absolute Gasteiger partial charge is 0.497 e. The van der Waals surface area contributed by atoms with Gasteiger partial charge < -0.3 is 15.5 Å². The normalized spacial score (nSPS) is 12.9. The van der Waals surface area contributed by atoms with Gasteiger partial charge in [-0.2, -0.15) is 0 Å². The molecule has 0 spiro atoms. The molecule has 92 valence electrons. The van der Waals surface area contributed by atoms with E-state index in [1.165, 1.54) is 16.6 Å². The summed E-state index contributed by atoms with van der Waals surface area (Å²) in [5.74, 6) is 0.894. The highest BCUT2D eigenvalue weighted by Gasteiger charge is 2.10. The maximum atomic E-state index is 6.01. The van der Waals surface area contributed by atoms with Gasteiger partial charge in [-0.15, -0.1) is 0 Å². The van der Waals surface area contributed by atoms with Gasteiger partial charge in [-0.25, -0.2) is 0 Å². The zero-order valence-corrected chi connectivity index (χ0v) is 10.7. The summed E-state index contributed by atoms with van der Waals surface area (Å²) >= 11 is 0. The molecular weight excluding hydrogens is 212 g/mol. The minimum atomic E-state index is 0.226. The molecule has 1 aromatic carbocycles. The molecule has 3 nitrogen and oxygen atoms in total. The molecule has 1 unspecified atom stereocenters. The Bertz CT molecular complexity index is 516. The summed E-state index contributed by atoms with van der Waals surface area (Å²) in [6.45, 7) is 4.25. The zero-order valence-electron chi connectivity index (χ0n) is 10.7. The van der Waals surface area contributed by atoms with Gasteiger partial charge in [0.05, 0.1) is 7.11 Å². The van der Waals surface area contributed by atoms with Crippen LogP contribution in [0.15, 0.2) is 18.2 Å². The minimum absolute atomic E-state index is 0.226. The molecule has 2 aromatic rings. The quantitative estimate of drug-likeness (QED) is 0.851. The van der Waals surface area contributed by atoms with Gasteiger partial charge in [0, 0.05) is 29.1 Å². The number of H-pyrrole nitrogens is 1. The Kier molecular flexibility index (Phi) is 3.38. The van der Waals surface area contributed by atoms with Gasteiger partial charge in [0.15, 0.2) is 0 Å². The van der Waals surface area contributed by atoms with Crippen molar-refractivity contribution in [3.8, 4) is 5.75 Å². The van der Waals surface area contributed by atoms with Gasteiger partial charge in [-0.3, -0.25) is 0 Å². The lowest BCUT2D eigenvalue weighted by Crippen LogP contribution is -2.21. The maximum Gasteiger partial charge on any atom is 0.119 e. The number of aromatic nitrogens is 1. The Hall–Kier alpha value is -1.48. The highest BCUT2D eigenvalue weighted by atomic mass is 16.5. The van der Waals surface area contributed by atoms with E-state index in [-0.39, 0.29) is 6.04 Å². The first-order chi connectivity index (χ1) is 8.15. The molecule has 3 N–H and O–H groups in total. The lowest BCUT2D eigenvalue weighted by atomic mass is 10.1. The molecule has 1 atom stereocenters. The Morgan fingerprint density at radius 3 is 2.82 bits per heavy atom. The van der Waals surface area contributed by atoms with Crippen LogP contribution in [0.25, 0.3) is 10.9 Å². The van der Waals surface area contributed by atoms with E-state index in [2.05, 4.69) is 31.0 Å². The van der Waals surface area contributed by atoms with E-state index in [4.69, 9.17) is 10.5 Å². The van der Waals surface area contributed by atoms with Gasteiger partial charge in [-0.1, -0.05) is 6.92 Å². The van der Waals surface area contributed by atoms with E-state index in [1.54, 1.807) is 7.11 Å². The molecule has 0 aliphatic carbocycles. The predicted octanol–water partition coefficient (Wildman–Crippen LogP) is 2.76. The second-order valence-electron chi connectivity index (χ2n) is 4.51. The van der Waals surface area contributed by atoms with Crippen molar-refractivity contribution in [2.45, 2.75) is 32.7 Å². The monoisotopic (exact) mass is 232 g/mol. The van der Waals surface area contributed by atoms with Gasteiger partial charge in [-0.05, 0) is 37.1 Å². The molecule has 17 heavy (non-hydrogen) atoms. The van der Waals surface area contributed by atoms with Crippen molar-refractivity contribution in [2.24, 2.45) is 5.73 Å². The number of rotatable bonds is 4. The van der Waals surface area contributed by atoms with Crippen LogP contribution in [0.3, 0.4) is 0 Å². The van der Waals surface area contributed by atoms with Gasteiger partial charge in [0.1, 0.15) is 5.75 Å². The first kappa shape index (κ1) is 12.0. The molecule has 1 heterocycles. The summed E-state index contributed by atoms with van der Waals surface area (Å²) in [5, 5.41) is 1.22. The van der Waals surface area contributed by atoms with Crippen LogP contribution < -0.4 is 10.5 Å². The fourth-order valence-electron chi connectivity index (χ4n) is 2.10. The van der Waals surface area contributed by atoms with Crippen LogP contribution in [-0.4, -0.2) is 18.1 Å². The van der Waals surface area contributed by atoms with E-state index in [0.29, 0.717) is 0 Å². The molecule has 0 aliphatic heterocycles. The predicted molar refractivity (Wildman–Crippen MR) is 71.6 cm³/mol. The fourth-order valence-corrected chi connectivity index (χ4v) is 2.10. The van der Waals surface area contributed by atoms with Crippen molar-refractivity contribution in [3.63, 3.8) is 0 Å².